The van der Waals surface area contributed by atoms with E-state index in [-0.39, 0.29) is 0 Å². The first kappa shape index (κ1) is 21.2. The maximum atomic E-state index is 11.7. The summed E-state index contributed by atoms with van der Waals surface area (Å²) in [6, 6.07) is 18.4. The van der Waals surface area contributed by atoms with Crippen molar-refractivity contribution in [2.24, 2.45) is 5.73 Å². The molecule has 5 rings (SSSR count). The first-order valence-electron chi connectivity index (χ1n) is 11.4. The Kier molecular flexibility index (Phi) is 5.79. The van der Waals surface area contributed by atoms with Gasteiger partial charge in [-0.1, -0.05) is 30.3 Å². The SMILES string of the molecule is Cc1cccnc1N1CCC(NCc2ccc(-n3cc4cccc(C(N)=O)c4n3)cc2)CC1. The number of hydrogen-bond acceptors (Lipinski definition) is 5. The third-order valence-electron chi connectivity index (χ3n) is 6.37. The molecule has 3 heterocycles. The summed E-state index contributed by atoms with van der Waals surface area (Å²) in [5, 5.41) is 9.18. The second-order valence-electron chi connectivity index (χ2n) is 8.63. The van der Waals surface area contributed by atoms with Crippen LogP contribution in [-0.4, -0.2) is 39.8 Å². The number of nitrogens with one attached hydrogen (secondary N) is 1. The molecule has 7 nitrogen and oxygen atoms in total. The monoisotopic (exact) mass is 440 g/mol. The predicted octanol–water partition coefficient (Wildman–Crippen LogP) is 3.59. The number of benzene rings is 2. The number of nitrogens with two attached hydrogens (primary N) is 1. The van der Waals surface area contributed by atoms with E-state index in [4.69, 9.17) is 5.73 Å². The number of primary amides is 1. The van der Waals surface area contributed by atoms with Crippen molar-refractivity contribution in [1.29, 1.82) is 0 Å². The number of hydrogen-bond donors (Lipinski definition) is 2. The van der Waals surface area contributed by atoms with Gasteiger partial charge in [0, 0.05) is 43.5 Å². The zero-order chi connectivity index (χ0) is 22.8. The van der Waals surface area contributed by atoms with E-state index in [1.165, 1.54) is 11.1 Å². The Balaban J connectivity index is 1.19. The number of carbonyl (C=O) groups excluding carboxylic acids is 1. The van der Waals surface area contributed by atoms with Crippen LogP contribution in [0.15, 0.2) is 67.0 Å². The first-order valence-corrected chi connectivity index (χ1v) is 11.4. The fourth-order valence-corrected chi connectivity index (χ4v) is 4.51. The van der Waals surface area contributed by atoms with E-state index in [0.29, 0.717) is 17.1 Å². The van der Waals surface area contributed by atoms with Gasteiger partial charge in [-0.15, -0.1) is 0 Å². The normalized spacial score (nSPS) is 14.6. The van der Waals surface area contributed by atoms with Crippen molar-refractivity contribution in [1.82, 2.24) is 20.1 Å². The Morgan fingerprint density at radius 2 is 1.88 bits per heavy atom. The molecule has 0 unspecified atom stereocenters. The summed E-state index contributed by atoms with van der Waals surface area (Å²) in [4.78, 5) is 18.6. The molecule has 1 fully saturated rings. The zero-order valence-corrected chi connectivity index (χ0v) is 18.7. The number of pyridine rings is 1. The van der Waals surface area contributed by atoms with Crippen LogP contribution in [-0.2, 0) is 6.54 Å². The highest BCUT2D eigenvalue weighted by molar-refractivity contribution is 6.04. The molecular weight excluding hydrogens is 412 g/mol. The minimum atomic E-state index is -0.465. The van der Waals surface area contributed by atoms with E-state index in [2.05, 4.69) is 57.6 Å². The topological polar surface area (TPSA) is 89.1 Å². The van der Waals surface area contributed by atoms with Gasteiger partial charge in [-0.25, -0.2) is 9.67 Å². The van der Waals surface area contributed by atoms with Gasteiger partial charge >= 0.3 is 0 Å². The number of nitrogens with zero attached hydrogens (tertiary/aromatic N) is 4. The van der Waals surface area contributed by atoms with Crippen molar-refractivity contribution in [3.05, 3.63) is 83.7 Å². The van der Waals surface area contributed by atoms with E-state index in [0.717, 1.165) is 49.4 Å². The third kappa shape index (κ3) is 4.45. The maximum Gasteiger partial charge on any atom is 0.250 e. The van der Waals surface area contributed by atoms with Crippen LogP contribution >= 0.6 is 0 Å². The summed E-state index contributed by atoms with van der Waals surface area (Å²) >= 11 is 0. The Bertz CT molecular complexity index is 1270. The van der Waals surface area contributed by atoms with Crippen LogP contribution in [0.3, 0.4) is 0 Å². The molecule has 1 aliphatic rings. The molecule has 0 bridgehead atoms. The highest BCUT2D eigenvalue weighted by Gasteiger charge is 2.20. The van der Waals surface area contributed by atoms with Crippen molar-refractivity contribution in [2.75, 3.05) is 18.0 Å². The minimum Gasteiger partial charge on any atom is -0.366 e. The summed E-state index contributed by atoms with van der Waals surface area (Å²) in [5.41, 5.74) is 9.97. The third-order valence-corrected chi connectivity index (χ3v) is 6.37. The van der Waals surface area contributed by atoms with Crippen molar-refractivity contribution in [3.63, 3.8) is 0 Å². The molecule has 0 saturated carbocycles. The number of anilines is 1. The number of aryl methyl sites for hydroxylation is 1. The van der Waals surface area contributed by atoms with Crippen molar-refractivity contribution >= 4 is 22.6 Å². The zero-order valence-electron chi connectivity index (χ0n) is 18.7. The van der Waals surface area contributed by atoms with Crippen LogP contribution in [0, 0.1) is 6.92 Å². The Hall–Kier alpha value is -3.71. The van der Waals surface area contributed by atoms with Gasteiger partial charge in [-0.2, -0.15) is 5.10 Å². The quantitative estimate of drug-likeness (QED) is 0.478. The lowest BCUT2D eigenvalue weighted by atomic mass is 10.0. The van der Waals surface area contributed by atoms with Gasteiger partial charge in [-0.3, -0.25) is 4.79 Å². The summed E-state index contributed by atoms with van der Waals surface area (Å²) < 4.78 is 1.80. The molecule has 33 heavy (non-hydrogen) atoms. The molecule has 3 N–H and O–H groups in total. The lowest BCUT2D eigenvalue weighted by molar-refractivity contribution is 0.100. The molecule has 4 aromatic rings. The highest BCUT2D eigenvalue weighted by Crippen LogP contribution is 2.22. The minimum absolute atomic E-state index is 0.441. The summed E-state index contributed by atoms with van der Waals surface area (Å²) in [7, 11) is 0. The van der Waals surface area contributed by atoms with Crippen molar-refractivity contribution in [3.8, 4) is 5.69 Å². The highest BCUT2D eigenvalue weighted by atomic mass is 16.1. The molecule has 7 heteroatoms. The Morgan fingerprint density at radius 3 is 2.61 bits per heavy atom. The number of aromatic nitrogens is 3. The fourth-order valence-electron chi connectivity index (χ4n) is 4.51. The van der Waals surface area contributed by atoms with Crippen molar-refractivity contribution < 1.29 is 4.79 Å². The average molecular weight is 441 g/mol. The van der Waals surface area contributed by atoms with Gasteiger partial charge in [0.15, 0.2) is 0 Å². The molecule has 1 amide bonds. The Labute approximate surface area is 193 Å². The van der Waals surface area contributed by atoms with Gasteiger partial charge in [0.2, 0.25) is 0 Å². The molecular formula is C26H28N6O. The van der Waals surface area contributed by atoms with Crippen LogP contribution in [0.2, 0.25) is 0 Å². The van der Waals surface area contributed by atoms with E-state index in [1.54, 1.807) is 10.7 Å². The second-order valence-corrected chi connectivity index (χ2v) is 8.63. The van der Waals surface area contributed by atoms with Crippen molar-refractivity contribution in [2.45, 2.75) is 32.4 Å². The molecule has 0 atom stereocenters. The molecule has 168 valence electrons. The van der Waals surface area contributed by atoms with E-state index >= 15 is 0 Å². The van der Waals surface area contributed by atoms with Gasteiger partial charge < -0.3 is 16.0 Å². The average Bonchev–Trinajstić information content (AvgIpc) is 3.28. The number of fused-ring (bicyclic) bond motifs is 1. The standard InChI is InChI=1S/C26H28N6O/c1-18-4-3-13-28-26(18)31-14-11-21(12-15-31)29-16-19-7-9-22(10-8-19)32-17-20-5-2-6-23(25(27)33)24(20)30-32/h2-10,13,17,21,29H,11-12,14-16H2,1H3,(H2,27,33). The Morgan fingerprint density at radius 1 is 1.09 bits per heavy atom. The van der Waals surface area contributed by atoms with E-state index < -0.39 is 5.91 Å². The molecule has 2 aromatic carbocycles. The summed E-state index contributed by atoms with van der Waals surface area (Å²) in [6.07, 6.45) is 6.01. The first-order chi connectivity index (χ1) is 16.1. The van der Waals surface area contributed by atoms with Gasteiger partial charge in [0.1, 0.15) is 11.3 Å². The van der Waals surface area contributed by atoms with Crippen LogP contribution in [0.5, 0.6) is 0 Å². The van der Waals surface area contributed by atoms with Gasteiger partial charge in [0.05, 0.1) is 11.3 Å². The van der Waals surface area contributed by atoms with Crippen LogP contribution in [0.4, 0.5) is 5.82 Å². The smallest absolute Gasteiger partial charge is 0.250 e. The molecule has 1 saturated heterocycles. The lowest BCUT2D eigenvalue weighted by Gasteiger charge is -2.34. The number of amides is 1. The molecule has 2 aromatic heterocycles. The van der Waals surface area contributed by atoms with E-state index in [9.17, 15) is 4.79 Å². The molecule has 0 spiro atoms. The number of rotatable bonds is 6. The number of piperidine rings is 1. The van der Waals surface area contributed by atoms with Crippen LogP contribution in [0.1, 0.15) is 34.3 Å². The maximum absolute atomic E-state index is 11.7. The molecule has 0 aliphatic carbocycles. The number of carbonyl (C=O) groups is 1. The van der Waals surface area contributed by atoms with Crippen LogP contribution < -0.4 is 16.0 Å². The molecule has 1 aliphatic heterocycles. The van der Waals surface area contributed by atoms with Crippen LogP contribution in [0.25, 0.3) is 16.6 Å². The van der Waals surface area contributed by atoms with Gasteiger partial charge in [0.25, 0.3) is 5.91 Å². The summed E-state index contributed by atoms with van der Waals surface area (Å²) in [6.45, 7) is 5.00. The fraction of sp³-hybridized carbons (Fsp3) is 0.269. The van der Waals surface area contributed by atoms with Gasteiger partial charge in [-0.05, 0) is 55.2 Å². The second kappa shape index (κ2) is 9.03. The molecule has 0 radical (unpaired) electrons. The largest absolute Gasteiger partial charge is 0.366 e. The predicted molar refractivity (Wildman–Crippen MR) is 131 cm³/mol. The van der Waals surface area contributed by atoms with E-state index in [1.807, 2.05) is 30.6 Å². The summed E-state index contributed by atoms with van der Waals surface area (Å²) in [5.74, 6) is 0.647. The lowest BCUT2D eigenvalue weighted by Crippen LogP contribution is -2.42.